The predicted octanol–water partition coefficient (Wildman–Crippen LogP) is 2.00. The SMILES string of the molecule is CC(O)Cn1c(-c2ccccn2)nc2cc(/C=C/C(=O)NO)ccc21. The summed E-state index contributed by atoms with van der Waals surface area (Å²) in [6.07, 6.45) is 3.98. The maximum Gasteiger partial charge on any atom is 0.267 e. The largest absolute Gasteiger partial charge is 0.392 e. The maximum absolute atomic E-state index is 11.1. The number of rotatable bonds is 5. The van der Waals surface area contributed by atoms with Crippen molar-refractivity contribution < 1.29 is 15.1 Å². The van der Waals surface area contributed by atoms with Crippen LogP contribution < -0.4 is 5.48 Å². The topological polar surface area (TPSA) is 100 Å². The van der Waals surface area contributed by atoms with E-state index in [4.69, 9.17) is 5.21 Å². The van der Waals surface area contributed by atoms with E-state index in [2.05, 4.69) is 9.97 Å². The average Bonchev–Trinajstić information content (AvgIpc) is 2.97. The summed E-state index contributed by atoms with van der Waals surface area (Å²) in [4.78, 5) is 20.1. The molecule has 7 nitrogen and oxygen atoms in total. The predicted molar refractivity (Wildman–Crippen MR) is 93.6 cm³/mol. The van der Waals surface area contributed by atoms with Crippen LogP contribution in [0.4, 0.5) is 0 Å². The molecular formula is C18H18N4O3. The van der Waals surface area contributed by atoms with Crippen LogP contribution in [0, 0.1) is 0 Å². The van der Waals surface area contributed by atoms with Gasteiger partial charge in [-0.2, -0.15) is 0 Å². The zero-order valence-corrected chi connectivity index (χ0v) is 13.6. The number of amides is 1. The minimum Gasteiger partial charge on any atom is -0.392 e. The number of nitrogens with zero attached hydrogens (tertiary/aromatic N) is 3. The lowest BCUT2D eigenvalue weighted by molar-refractivity contribution is -0.124. The number of pyridine rings is 1. The van der Waals surface area contributed by atoms with Crippen LogP contribution in [0.1, 0.15) is 12.5 Å². The number of imidazole rings is 1. The Morgan fingerprint density at radius 2 is 2.20 bits per heavy atom. The van der Waals surface area contributed by atoms with Gasteiger partial charge in [0.2, 0.25) is 0 Å². The van der Waals surface area contributed by atoms with Gasteiger partial charge < -0.3 is 9.67 Å². The molecule has 1 unspecified atom stereocenters. The Bertz CT molecular complexity index is 917. The van der Waals surface area contributed by atoms with Crippen LogP contribution in [0.15, 0.2) is 48.7 Å². The third-order valence-electron chi connectivity index (χ3n) is 3.65. The first kappa shape index (κ1) is 16.8. The van der Waals surface area contributed by atoms with E-state index < -0.39 is 12.0 Å². The number of carbonyl (C=O) groups is 1. The Hall–Kier alpha value is -3.03. The number of aliphatic hydroxyl groups is 1. The number of hydroxylamine groups is 1. The molecule has 3 aromatic rings. The van der Waals surface area contributed by atoms with E-state index in [0.717, 1.165) is 22.3 Å². The Balaban J connectivity index is 2.09. The number of benzene rings is 1. The summed E-state index contributed by atoms with van der Waals surface area (Å²) < 4.78 is 1.93. The lowest BCUT2D eigenvalue weighted by atomic mass is 10.2. The smallest absolute Gasteiger partial charge is 0.267 e. The third-order valence-corrected chi connectivity index (χ3v) is 3.65. The summed E-state index contributed by atoms with van der Waals surface area (Å²) >= 11 is 0. The first-order valence-electron chi connectivity index (χ1n) is 7.80. The fraction of sp³-hybridized carbons (Fsp3) is 0.167. The van der Waals surface area contributed by atoms with Crippen LogP contribution in [0.2, 0.25) is 0 Å². The lowest BCUT2D eigenvalue weighted by Gasteiger charge is -2.10. The molecular weight excluding hydrogens is 320 g/mol. The molecule has 1 amide bonds. The summed E-state index contributed by atoms with van der Waals surface area (Å²) in [7, 11) is 0. The van der Waals surface area contributed by atoms with E-state index in [-0.39, 0.29) is 0 Å². The van der Waals surface area contributed by atoms with Crippen LogP contribution in [0.25, 0.3) is 28.6 Å². The molecule has 2 aromatic heterocycles. The summed E-state index contributed by atoms with van der Waals surface area (Å²) in [6, 6.07) is 11.1. The molecule has 0 radical (unpaired) electrons. The minimum absolute atomic E-state index is 0.393. The van der Waals surface area contributed by atoms with Gasteiger partial charge in [0.25, 0.3) is 5.91 Å². The van der Waals surface area contributed by atoms with Gasteiger partial charge in [0.15, 0.2) is 5.82 Å². The van der Waals surface area contributed by atoms with Crippen molar-refractivity contribution in [2.45, 2.75) is 19.6 Å². The van der Waals surface area contributed by atoms with E-state index in [1.165, 1.54) is 6.08 Å². The van der Waals surface area contributed by atoms with Crippen molar-refractivity contribution in [2.75, 3.05) is 0 Å². The van der Waals surface area contributed by atoms with E-state index >= 15 is 0 Å². The summed E-state index contributed by atoms with van der Waals surface area (Å²) in [5.74, 6) is 0.0691. The van der Waals surface area contributed by atoms with E-state index in [9.17, 15) is 9.90 Å². The Morgan fingerprint density at radius 1 is 1.36 bits per heavy atom. The molecule has 0 aliphatic rings. The van der Waals surface area contributed by atoms with Crippen molar-refractivity contribution in [3.05, 3.63) is 54.2 Å². The molecule has 0 spiro atoms. The molecule has 128 valence electrons. The van der Waals surface area contributed by atoms with Crippen LogP contribution in [0.3, 0.4) is 0 Å². The molecule has 2 heterocycles. The van der Waals surface area contributed by atoms with Crippen molar-refractivity contribution in [3.8, 4) is 11.5 Å². The van der Waals surface area contributed by atoms with Gasteiger partial charge in [-0.3, -0.25) is 15.0 Å². The Labute approximate surface area is 144 Å². The van der Waals surface area contributed by atoms with Gasteiger partial charge in [-0.15, -0.1) is 0 Å². The van der Waals surface area contributed by atoms with E-state index in [1.54, 1.807) is 24.7 Å². The second-order valence-electron chi connectivity index (χ2n) is 5.67. The molecule has 0 fully saturated rings. The number of hydrogen-bond donors (Lipinski definition) is 3. The number of carbonyl (C=O) groups excluding carboxylic acids is 1. The minimum atomic E-state index is -0.603. The standard InChI is InChI=1S/C18H18N4O3/c1-12(23)11-22-16-7-5-13(6-8-17(24)21-25)10-15(16)20-18(22)14-4-2-3-9-19-14/h2-10,12,23,25H,11H2,1H3,(H,21,24)/b8-6+. The van der Waals surface area contributed by atoms with Gasteiger partial charge >= 0.3 is 0 Å². The normalized spacial score (nSPS) is 12.6. The number of aromatic nitrogens is 3. The highest BCUT2D eigenvalue weighted by Crippen LogP contribution is 2.25. The second kappa shape index (κ2) is 7.25. The van der Waals surface area contributed by atoms with Gasteiger partial charge in [-0.05, 0) is 42.8 Å². The van der Waals surface area contributed by atoms with Gasteiger partial charge in [-0.1, -0.05) is 12.1 Å². The van der Waals surface area contributed by atoms with Crippen molar-refractivity contribution in [1.29, 1.82) is 0 Å². The Morgan fingerprint density at radius 3 is 2.88 bits per heavy atom. The van der Waals surface area contributed by atoms with Gasteiger partial charge in [0, 0.05) is 12.3 Å². The monoisotopic (exact) mass is 338 g/mol. The van der Waals surface area contributed by atoms with Crippen molar-refractivity contribution in [1.82, 2.24) is 20.0 Å². The number of fused-ring (bicyclic) bond motifs is 1. The fourth-order valence-corrected chi connectivity index (χ4v) is 2.60. The fourth-order valence-electron chi connectivity index (χ4n) is 2.60. The third kappa shape index (κ3) is 3.73. The first-order valence-corrected chi connectivity index (χ1v) is 7.80. The highest BCUT2D eigenvalue weighted by Gasteiger charge is 2.15. The van der Waals surface area contributed by atoms with Crippen molar-refractivity contribution in [3.63, 3.8) is 0 Å². The molecule has 3 rings (SSSR count). The van der Waals surface area contributed by atoms with Gasteiger partial charge in [0.05, 0.1) is 23.7 Å². The quantitative estimate of drug-likeness (QED) is 0.375. The molecule has 0 aliphatic heterocycles. The summed E-state index contributed by atoms with van der Waals surface area (Å²) in [5, 5.41) is 18.4. The molecule has 3 N–H and O–H groups in total. The molecule has 0 aliphatic carbocycles. The van der Waals surface area contributed by atoms with E-state index in [0.29, 0.717) is 12.4 Å². The zero-order chi connectivity index (χ0) is 17.8. The van der Waals surface area contributed by atoms with Gasteiger partial charge in [-0.25, -0.2) is 10.5 Å². The van der Waals surface area contributed by atoms with Gasteiger partial charge in [0.1, 0.15) is 5.69 Å². The second-order valence-corrected chi connectivity index (χ2v) is 5.67. The molecule has 1 atom stereocenters. The van der Waals surface area contributed by atoms with Crippen LogP contribution in [-0.4, -0.2) is 36.9 Å². The number of nitrogens with one attached hydrogen (secondary N) is 1. The average molecular weight is 338 g/mol. The highest BCUT2D eigenvalue weighted by molar-refractivity contribution is 5.91. The van der Waals surface area contributed by atoms with Crippen molar-refractivity contribution in [2.24, 2.45) is 0 Å². The molecule has 0 bridgehead atoms. The van der Waals surface area contributed by atoms with Crippen LogP contribution in [-0.2, 0) is 11.3 Å². The number of aliphatic hydroxyl groups excluding tert-OH is 1. The maximum atomic E-state index is 11.1. The van der Waals surface area contributed by atoms with Crippen LogP contribution in [0.5, 0.6) is 0 Å². The molecule has 0 saturated heterocycles. The molecule has 25 heavy (non-hydrogen) atoms. The summed E-state index contributed by atoms with van der Waals surface area (Å²) in [6.45, 7) is 2.11. The molecule has 7 heteroatoms. The molecule has 1 aromatic carbocycles. The van der Waals surface area contributed by atoms with E-state index in [1.807, 2.05) is 41.0 Å². The zero-order valence-electron chi connectivity index (χ0n) is 13.6. The summed E-state index contributed by atoms with van der Waals surface area (Å²) in [5.41, 5.74) is 4.63. The number of hydrogen-bond acceptors (Lipinski definition) is 5. The lowest BCUT2D eigenvalue weighted by Crippen LogP contribution is -2.14. The molecule has 0 saturated carbocycles. The van der Waals surface area contributed by atoms with Crippen molar-refractivity contribution >= 4 is 23.0 Å². The van der Waals surface area contributed by atoms with Crippen LogP contribution >= 0.6 is 0 Å². The first-order chi connectivity index (χ1) is 12.1. The Kier molecular flexibility index (Phi) is 4.87. The highest BCUT2D eigenvalue weighted by atomic mass is 16.5.